The Kier molecular flexibility index (Phi) is 5.62. The summed E-state index contributed by atoms with van der Waals surface area (Å²) in [4.78, 5) is 15.3. The van der Waals surface area contributed by atoms with Gasteiger partial charge in [-0.25, -0.2) is 9.97 Å². The largest absolute Gasteiger partial charge is 0.492 e. The first-order chi connectivity index (χ1) is 12.5. The maximum atomic E-state index is 5.65. The number of rotatable bonds is 7. The molecule has 0 amide bonds. The lowest BCUT2D eigenvalue weighted by atomic mass is 10.2. The fourth-order valence-corrected chi connectivity index (χ4v) is 2.77. The molecule has 0 fully saturated rings. The molecule has 0 aromatic carbocycles. The van der Waals surface area contributed by atoms with Crippen LogP contribution in [0.3, 0.4) is 0 Å². The Labute approximate surface area is 157 Å². The molecule has 3 heterocycles. The molecule has 0 aliphatic rings. The van der Waals surface area contributed by atoms with Crippen LogP contribution in [0.1, 0.15) is 13.8 Å². The molecule has 0 bridgehead atoms. The molecule has 0 saturated carbocycles. The topological polar surface area (TPSA) is 76.1 Å². The molecule has 0 saturated heterocycles. The van der Waals surface area contributed by atoms with Crippen molar-refractivity contribution in [2.24, 2.45) is 5.92 Å². The summed E-state index contributed by atoms with van der Waals surface area (Å²) in [5, 5.41) is 3.90. The minimum absolute atomic E-state index is 0.474. The maximum absolute atomic E-state index is 5.65. The Hall–Kier alpha value is -2.74. The average molecular weight is 370 g/mol. The van der Waals surface area contributed by atoms with Crippen LogP contribution in [0, 0.1) is 5.92 Å². The van der Waals surface area contributed by atoms with Crippen LogP contribution in [0.15, 0.2) is 36.7 Å². The van der Waals surface area contributed by atoms with Crippen molar-refractivity contribution in [3.05, 3.63) is 36.7 Å². The van der Waals surface area contributed by atoms with E-state index in [0.717, 1.165) is 17.3 Å². The molecule has 8 heteroatoms. The number of nitrogens with one attached hydrogen (secondary N) is 1. The highest BCUT2D eigenvalue weighted by Gasteiger charge is 2.11. The molecule has 0 aliphatic heterocycles. The van der Waals surface area contributed by atoms with Gasteiger partial charge < -0.3 is 15.0 Å². The molecular weight excluding hydrogens is 348 g/mol. The second-order valence-electron chi connectivity index (χ2n) is 6.40. The fourth-order valence-electron chi connectivity index (χ4n) is 2.19. The summed E-state index contributed by atoms with van der Waals surface area (Å²) in [7, 11) is 3.95. The van der Waals surface area contributed by atoms with E-state index in [9.17, 15) is 0 Å². The predicted octanol–water partition coefficient (Wildman–Crippen LogP) is 3.84. The molecule has 0 aliphatic carbocycles. The smallest absolute Gasteiger partial charge is 0.208 e. The zero-order valence-corrected chi connectivity index (χ0v) is 16.1. The monoisotopic (exact) mass is 370 g/mol. The van der Waals surface area contributed by atoms with E-state index in [2.05, 4.69) is 38.5 Å². The molecule has 3 aromatic heterocycles. The van der Waals surface area contributed by atoms with Gasteiger partial charge in [0.25, 0.3) is 0 Å². The van der Waals surface area contributed by atoms with Crippen LogP contribution >= 0.6 is 11.5 Å². The summed E-state index contributed by atoms with van der Waals surface area (Å²) in [5.74, 6) is 2.54. The van der Waals surface area contributed by atoms with E-state index in [0.29, 0.717) is 29.2 Å². The third-order valence-electron chi connectivity index (χ3n) is 3.47. The number of pyridine rings is 2. The van der Waals surface area contributed by atoms with Crippen molar-refractivity contribution in [3.63, 3.8) is 0 Å². The first-order valence-electron chi connectivity index (χ1n) is 8.35. The van der Waals surface area contributed by atoms with Gasteiger partial charge in [-0.15, -0.1) is 0 Å². The third kappa shape index (κ3) is 4.45. The highest BCUT2D eigenvalue weighted by molar-refractivity contribution is 7.09. The van der Waals surface area contributed by atoms with Crippen LogP contribution in [0.5, 0.6) is 5.75 Å². The van der Waals surface area contributed by atoms with Crippen molar-refractivity contribution in [1.29, 1.82) is 0 Å². The van der Waals surface area contributed by atoms with Crippen LogP contribution in [-0.4, -0.2) is 40.0 Å². The Morgan fingerprint density at radius 3 is 2.73 bits per heavy atom. The lowest BCUT2D eigenvalue weighted by molar-refractivity contribution is 0.270. The quantitative estimate of drug-likeness (QED) is 0.677. The number of ether oxygens (including phenoxy) is 1. The fraction of sp³-hybridized carbons (Fsp3) is 0.333. The lowest BCUT2D eigenvalue weighted by Gasteiger charge is -2.15. The van der Waals surface area contributed by atoms with Crippen LogP contribution in [0.25, 0.3) is 11.5 Å². The highest BCUT2D eigenvalue weighted by Crippen LogP contribution is 2.27. The van der Waals surface area contributed by atoms with Crippen LogP contribution in [-0.2, 0) is 0 Å². The third-order valence-corrected chi connectivity index (χ3v) is 4.10. The molecule has 0 unspecified atom stereocenters. The normalized spacial score (nSPS) is 10.8. The van der Waals surface area contributed by atoms with Crippen molar-refractivity contribution >= 4 is 28.2 Å². The van der Waals surface area contributed by atoms with Gasteiger partial charge in [-0.3, -0.25) is 0 Å². The summed E-state index contributed by atoms with van der Waals surface area (Å²) in [6, 6.07) is 7.66. The van der Waals surface area contributed by atoms with E-state index in [1.54, 1.807) is 12.4 Å². The summed E-state index contributed by atoms with van der Waals surface area (Å²) < 4.78 is 10.0. The van der Waals surface area contributed by atoms with Gasteiger partial charge in [0.2, 0.25) is 5.13 Å². The summed E-state index contributed by atoms with van der Waals surface area (Å²) in [5.41, 5.74) is 1.69. The summed E-state index contributed by atoms with van der Waals surface area (Å²) in [6.45, 7) is 4.89. The van der Waals surface area contributed by atoms with E-state index in [-0.39, 0.29) is 0 Å². The number of aromatic nitrogens is 4. The van der Waals surface area contributed by atoms with Crippen molar-refractivity contribution in [1.82, 2.24) is 19.3 Å². The number of nitrogens with zero attached hydrogens (tertiary/aromatic N) is 5. The van der Waals surface area contributed by atoms with Crippen LogP contribution < -0.4 is 15.0 Å². The molecule has 7 nitrogen and oxygen atoms in total. The number of anilines is 3. The van der Waals surface area contributed by atoms with Gasteiger partial charge in [0, 0.05) is 31.8 Å². The van der Waals surface area contributed by atoms with Gasteiger partial charge in [-0.2, -0.15) is 9.36 Å². The predicted molar refractivity (Wildman–Crippen MR) is 105 cm³/mol. The molecule has 26 heavy (non-hydrogen) atoms. The van der Waals surface area contributed by atoms with Gasteiger partial charge in [-0.05, 0) is 30.2 Å². The van der Waals surface area contributed by atoms with Crippen molar-refractivity contribution < 1.29 is 4.74 Å². The van der Waals surface area contributed by atoms with Crippen molar-refractivity contribution in [3.8, 4) is 17.3 Å². The molecular formula is C18H22N6OS. The van der Waals surface area contributed by atoms with Gasteiger partial charge in [-0.1, -0.05) is 13.8 Å². The highest BCUT2D eigenvalue weighted by atomic mass is 32.1. The molecule has 3 rings (SSSR count). The number of hydrogen-bond donors (Lipinski definition) is 1. The summed E-state index contributed by atoms with van der Waals surface area (Å²) in [6.07, 6.45) is 3.45. The van der Waals surface area contributed by atoms with Gasteiger partial charge in [0.05, 0.1) is 18.5 Å². The summed E-state index contributed by atoms with van der Waals surface area (Å²) >= 11 is 1.28. The first kappa shape index (κ1) is 18.1. The Morgan fingerprint density at radius 1 is 1.19 bits per heavy atom. The lowest BCUT2D eigenvalue weighted by Crippen LogP contribution is -2.11. The average Bonchev–Trinajstić information content (AvgIpc) is 3.09. The molecule has 0 spiro atoms. The molecule has 136 valence electrons. The van der Waals surface area contributed by atoms with Crippen LogP contribution in [0.2, 0.25) is 0 Å². The van der Waals surface area contributed by atoms with Gasteiger partial charge >= 0.3 is 0 Å². The van der Waals surface area contributed by atoms with Gasteiger partial charge in [0.1, 0.15) is 11.4 Å². The minimum atomic E-state index is 0.474. The Balaban J connectivity index is 1.72. The van der Waals surface area contributed by atoms with E-state index >= 15 is 0 Å². The first-order valence-corrected chi connectivity index (χ1v) is 9.12. The van der Waals surface area contributed by atoms with E-state index < -0.39 is 0 Å². The van der Waals surface area contributed by atoms with E-state index in [1.807, 2.05) is 43.3 Å². The number of hydrogen-bond acceptors (Lipinski definition) is 8. The standard InChI is InChI=1S/C18H22N6OS/c1-12(2)11-25-13-7-8-14(20-10-13)16-21-18(26-23-16)22-17-15(24(3)4)6-5-9-19-17/h5-10,12H,11H2,1-4H3,(H,19,21,22,23). The SMILES string of the molecule is CC(C)COc1ccc(-c2nsc(Nc3ncccc3N(C)C)n2)nc1. The minimum Gasteiger partial charge on any atom is -0.492 e. The zero-order chi connectivity index (χ0) is 18.5. The van der Waals surface area contributed by atoms with Crippen molar-refractivity contribution in [2.75, 3.05) is 30.9 Å². The van der Waals surface area contributed by atoms with Crippen LogP contribution in [0.4, 0.5) is 16.6 Å². The van der Waals surface area contributed by atoms with Gasteiger partial charge in [0.15, 0.2) is 11.6 Å². The second kappa shape index (κ2) is 8.09. The Morgan fingerprint density at radius 2 is 2.04 bits per heavy atom. The second-order valence-corrected chi connectivity index (χ2v) is 7.15. The zero-order valence-electron chi connectivity index (χ0n) is 15.3. The Bertz CT molecular complexity index is 847. The molecule has 1 N–H and O–H groups in total. The van der Waals surface area contributed by atoms with E-state index in [4.69, 9.17) is 4.74 Å². The van der Waals surface area contributed by atoms with Crippen molar-refractivity contribution in [2.45, 2.75) is 13.8 Å². The molecule has 0 atom stereocenters. The maximum Gasteiger partial charge on any atom is 0.208 e. The molecule has 3 aromatic rings. The molecule has 0 radical (unpaired) electrons. The van der Waals surface area contributed by atoms with E-state index in [1.165, 1.54) is 11.5 Å².